The molecule has 0 unspecified atom stereocenters. The van der Waals surface area contributed by atoms with Gasteiger partial charge in [-0.05, 0) is 95.9 Å². The lowest BCUT2D eigenvalue weighted by atomic mass is 10.1. The fourth-order valence-electron chi connectivity index (χ4n) is 10.8. The lowest BCUT2D eigenvalue weighted by Crippen LogP contribution is -2.17. The van der Waals surface area contributed by atoms with Gasteiger partial charge < -0.3 is 26.6 Å². The van der Waals surface area contributed by atoms with Gasteiger partial charge in [0.15, 0.2) is 46.3 Å². The fraction of sp³-hybridized carbons (Fsp3) is 0.0843. The number of aromatic nitrogens is 14. The third kappa shape index (κ3) is 23.7. The highest BCUT2D eigenvalue weighted by Gasteiger charge is 2.25. The first-order valence-corrected chi connectivity index (χ1v) is 37.3. The van der Waals surface area contributed by atoms with Crippen molar-refractivity contribution in [3.63, 3.8) is 0 Å². The predicted molar refractivity (Wildman–Crippen MR) is 439 cm³/mol. The summed E-state index contributed by atoms with van der Waals surface area (Å²) in [5.74, 6) is -6.39. The largest absolute Gasteiger partial charge is 0.318 e. The maximum atomic E-state index is 14.4. The number of nitrogens with zero attached hydrogens (tertiary/aromatic N) is 12. The van der Waals surface area contributed by atoms with E-state index in [2.05, 4.69) is 77.1 Å². The number of amides is 5. The lowest BCUT2D eigenvalue weighted by molar-refractivity contribution is 0.100. The standard InChI is InChI=1S/C18H14ClF2N3O.C17H14ClFN4O.C17H13ClFN3O.C16H12ClFN4O.C15H11ClFN5O2/c1-11-15(20)17(23-24(11)10-12-6-3-2-4-7-12)18(25)22-14-9-5-8-13(19)16(14)21;1-23-14(10-11-6-3-2-4-7-11)21-16(22-23)17(24)20-13-9-5-8-12(18)15(13)19;18-13-7-4-8-14(16(13)19)20-17(23)15-9-10-22(21-15)11-12-5-2-1-3-6-12;17-11-7-4-8-12(14(11)18)19-16(23)15-20-13(21-22-15)9-10-5-2-1-3-6-10;16-10-2-1-3-11(14(10)17)20-15(24)12-6-13(23)22(21-12)8-9-7-18-4-5-19-9/h2-9H,10H2,1H3,(H,22,25);2-9H,10H2,1H3,(H,20,24);1-10H,11H2,(H,20,23);1-8H,9H2,(H,19,23)(H,20,21,22);1-7,21H,8H2,(H,20,24). The van der Waals surface area contributed by atoms with Crippen LogP contribution in [0.1, 0.15) is 98.0 Å². The summed E-state index contributed by atoms with van der Waals surface area (Å²) in [5.41, 5.74) is 4.04. The number of benzene rings is 9. The van der Waals surface area contributed by atoms with Crippen LogP contribution in [0.15, 0.2) is 254 Å². The Balaban J connectivity index is 0.000000146. The number of aryl methyl sites for hydroxylation is 1. The number of rotatable bonds is 20. The van der Waals surface area contributed by atoms with Crippen LogP contribution >= 0.6 is 58.0 Å². The number of aromatic amines is 2. The summed E-state index contributed by atoms with van der Waals surface area (Å²) in [6, 6.07) is 62.8. The van der Waals surface area contributed by atoms with E-state index >= 15 is 0 Å². The highest BCUT2D eigenvalue weighted by atomic mass is 35.5. The number of anilines is 5. The maximum Gasteiger partial charge on any atom is 0.295 e. The van der Waals surface area contributed by atoms with E-state index in [1.165, 1.54) is 112 Å². The van der Waals surface area contributed by atoms with E-state index in [1.807, 2.05) is 121 Å². The lowest BCUT2D eigenvalue weighted by Gasteiger charge is -2.06. The van der Waals surface area contributed by atoms with Gasteiger partial charge in [-0.1, -0.05) is 210 Å². The van der Waals surface area contributed by atoms with Gasteiger partial charge in [-0.2, -0.15) is 10.2 Å². The van der Waals surface area contributed by atoms with Gasteiger partial charge >= 0.3 is 0 Å². The summed E-state index contributed by atoms with van der Waals surface area (Å²) >= 11 is 28.4. The second-order valence-electron chi connectivity index (χ2n) is 25.2. The number of halogens is 11. The normalized spacial score (nSPS) is 10.6. The van der Waals surface area contributed by atoms with E-state index in [-0.39, 0.29) is 88.8 Å². The Kier molecular flexibility index (Phi) is 29.7. The van der Waals surface area contributed by atoms with Crippen LogP contribution in [0.25, 0.3) is 0 Å². The Bertz CT molecular complexity index is 5990. The predicted octanol–water partition coefficient (Wildman–Crippen LogP) is 17.4. The Labute approximate surface area is 698 Å². The number of nitrogens with one attached hydrogen (secondary N) is 7. The summed E-state index contributed by atoms with van der Waals surface area (Å²) in [4.78, 5) is 89.1. The van der Waals surface area contributed by atoms with Crippen LogP contribution in [0.3, 0.4) is 0 Å². The molecule has 119 heavy (non-hydrogen) atoms. The molecule has 0 fully saturated rings. The first kappa shape index (κ1) is 86.0. The van der Waals surface area contributed by atoms with Crippen molar-refractivity contribution in [3.05, 3.63) is 394 Å². The molecule has 0 aliphatic rings. The molecule has 6 aromatic heterocycles. The molecule has 15 aromatic rings. The Morgan fingerprint density at radius 1 is 0.437 bits per heavy atom. The molecule has 9 aromatic carbocycles. The summed E-state index contributed by atoms with van der Waals surface area (Å²) in [6.45, 7) is 2.54. The molecule has 7 N–H and O–H groups in total. The van der Waals surface area contributed by atoms with E-state index in [0.29, 0.717) is 43.3 Å². The van der Waals surface area contributed by atoms with Crippen LogP contribution < -0.4 is 32.1 Å². The zero-order chi connectivity index (χ0) is 84.7. The summed E-state index contributed by atoms with van der Waals surface area (Å²) in [6.07, 6.45) is 7.29. The zero-order valence-corrected chi connectivity index (χ0v) is 66.0. The number of hydrogen-bond acceptors (Lipinski definition) is 14. The van der Waals surface area contributed by atoms with Gasteiger partial charge in [0.05, 0.1) is 90.8 Å². The molecule has 0 bridgehead atoms. The van der Waals surface area contributed by atoms with Crippen molar-refractivity contribution >= 4 is 116 Å². The topological polar surface area (TPSA) is 317 Å². The summed E-state index contributed by atoms with van der Waals surface area (Å²) in [5, 5.41) is 33.1. The SMILES string of the molecule is Cc1c(F)c(C(=O)Nc2cccc(Cl)c2F)nn1Cc1ccccc1.Cn1nc(C(=O)Nc2cccc(Cl)c2F)nc1Cc1ccccc1.O=C(Nc1cccc(Cl)c1F)c1cc(=O)n(Cc2cnccn2)[nH]1.O=C(Nc1cccc(Cl)c1F)c1ccn(Cc2ccccc2)n1.O=C(Nc1cccc(Cl)c1F)c1n[nH]c(Cc2ccccc2)n1. The van der Waals surface area contributed by atoms with E-state index in [1.54, 1.807) is 42.2 Å². The smallest absolute Gasteiger partial charge is 0.295 e. The molecule has 0 saturated heterocycles. The van der Waals surface area contributed by atoms with E-state index in [9.17, 15) is 55.1 Å². The molecular weight excluding hydrogens is 1650 g/mol. The third-order valence-electron chi connectivity index (χ3n) is 16.8. The molecule has 36 heteroatoms. The van der Waals surface area contributed by atoms with Gasteiger partial charge in [-0.25, -0.2) is 41.0 Å². The molecule has 25 nitrogen and oxygen atoms in total. The quantitative estimate of drug-likeness (QED) is 0.0349. The Morgan fingerprint density at radius 2 is 0.874 bits per heavy atom. The molecule has 0 aliphatic carbocycles. The monoisotopic (exact) mass is 1710 g/mol. The number of carbonyl (C=O) groups is 5. The maximum absolute atomic E-state index is 14.4. The Morgan fingerprint density at radius 3 is 1.35 bits per heavy atom. The number of carbonyl (C=O) groups excluding carboxylic acids is 5. The van der Waals surface area contributed by atoms with Crippen LogP contribution in [0.4, 0.5) is 54.8 Å². The van der Waals surface area contributed by atoms with Crippen LogP contribution in [0.5, 0.6) is 0 Å². The minimum Gasteiger partial charge on any atom is -0.318 e. The van der Waals surface area contributed by atoms with Crippen LogP contribution in [0, 0.1) is 41.8 Å². The van der Waals surface area contributed by atoms with Gasteiger partial charge in [-0.15, -0.1) is 10.2 Å². The second kappa shape index (κ2) is 41.1. The van der Waals surface area contributed by atoms with Crippen molar-refractivity contribution in [2.45, 2.75) is 39.4 Å². The second-order valence-corrected chi connectivity index (χ2v) is 27.3. The Hall–Kier alpha value is -13.9. The molecule has 0 spiro atoms. The van der Waals surface area contributed by atoms with E-state index in [0.717, 1.165) is 28.3 Å². The van der Waals surface area contributed by atoms with Crippen LogP contribution in [0.2, 0.25) is 25.1 Å². The van der Waals surface area contributed by atoms with Gasteiger partial charge in [-0.3, -0.25) is 63.0 Å². The molecular formula is C83H64Cl5F6N19O6. The van der Waals surface area contributed by atoms with Gasteiger partial charge in [0.2, 0.25) is 11.6 Å². The van der Waals surface area contributed by atoms with E-state index in [4.69, 9.17) is 58.0 Å². The van der Waals surface area contributed by atoms with Crippen molar-refractivity contribution < 1.29 is 50.3 Å². The average Bonchev–Trinajstić information content (AvgIpc) is 1.55. The van der Waals surface area contributed by atoms with Crippen molar-refractivity contribution in [2.75, 3.05) is 26.6 Å². The fourth-order valence-corrected chi connectivity index (χ4v) is 11.7. The van der Waals surface area contributed by atoms with Gasteiger partial charge in [0.25, 0.3) is 35.1 Å². The van der Waals surface area contributed by atoms with Crippen molar-refractivity contribution in [2.24, 2.45) is 7.05 Å². The third-order valence-corrected chi connectivity index (χ3v) is 18.2. The van der Waals surface area contributed by atoms with Crippen LogP contribution in [-0.4, -0.2) is 98.8 Å². The molecule has 0 atom stereocenters. The molecule has 6 heterocycles. The first-order valence-electron chi connectivity index (χ1n) is 35.4. The minimum atomic E-state index is -0.839. The van der Waals surface area contributed by atoms with Gasteiger partial charge in [0.1, 0.15) is 17.3 Å². The molecule has 0 aliphatic heterocycles. The average molecular weight is 1710 g/mol. The minimum absolute atomic E-state index is 0.00966. The molecule has 15 rings (SSSR count). The summed E-state index contributed by atoms with van der Waals surface area (Å²) in [7, 11) is 1.71. The number of H-pyrrole nitrogens is 2. The highest BCUT2D eigenvalue weighted by molar-refractivity contribution is 6.32. The molecule has 604 valence electrons. The van der Waals surface area contributed by atoms with Crippen molar-refractivity contribution in [1.82, 2.24) is 69.3 Å². The molecule has 0 radical (unpaired) electrons. The van der Waals surface area contributed by atoms with Crippen LogP contribution in [-0.2, 0) is 39.5 Å². The van der Waals surface area contributed by atoms with E-state index < -0.39 is 75.7 Å². The summed E-state index contributed by atoms with van der Waals surface area (Å²) < 4.78 is 89.3. The van der Waals surface area contributed by atoms with Crippen molar-refractivity contribution in [3.8, 4) is 0 Å². The number of hydrogen-bond donors (Lipinski definition) is 7. The van der Waals surface area contributed by atoms with Crippen molar-refractivity contribution in [1.29, 1.82) is 0 Å². The zero-order valence-electron chi connectivity index (χ0n) is 62.2. The van der Waals surface area contributed by atoms with Gasteiger partial charge in [0, 0.05) is 44.5 Å². The molecule has 0 saturated carbocycles. The first-order chi connectivity index (χ1) is 57.3. The highest BCUT2D eigenvalue weighted by Crippen LogP contribution is 2.28. The molecule has 5 amide bonds.